The van der Waals surface area contributed by atoms with Crippen molar-refractivity contribution in [3.05, 3.63) is 65.7 Å². The zero-order valence-corrected chi connectivity index (χ0v) is 16.5. The molecule has 2 heterocycles. The fraction of sp³-hybridized carbons (Fsp3) is 0.381. The summed E-state index contributed by atoms with van der Waals surface area (Å²) in [5.74, 6) is 0.625. The topological polar surface area (TPSA) is 83.7 Å². The zero-order valence-electron chi connectivity index (χ0n) is 15.7. The van der Waals surface area contributed by atoms with E-state index in [9.17, 15) is 13.2 Å². The summed E-state index contributed by atoms with van der Waals surface area (Å²) in [5, 5.41) is 0. The maximum Gasteiger partial charge on any atom is 0.253 e. The van der Waals surface area contributed by atoms with Crippen LogP contribution in [0.5, 0.6) is 0 Å². The van der Waals surface area contributed by atoms with Crippen molar-refractivity contribution >= 4 is 21.6 Å². The molecule has 2 aliphatic heterocycles. The summed E-state index contributed by atoms with van der Waals surface area (Å²) < 4.78 is 25.6. The second-order valence-electron chi connectivity index (χ2n) is 7.51. The van der Waals surface area contributed by atoms with Gasteiger partial charge in [0.1, 0.15) is 0 Å². The summed E-state index contributed by atoms with van der Waals surface area (Å²) >= 11 is 0. The third-order valence-corrected chi connectivity index (χ3v) is 7.63. The van der Waals surface area contributed by atoms with Crippen LogP contribution in [0.2, 0.25) is 0 Å². The Morgan fingerprint density at radius 2 is 1.75 bits per heavy atom. The molecule has 0 bridgehead atoms. The molecule has 2 fully saturated rings. The summed E-state index contributed by atoms with van der Waals surface area (Å²) in [5.41, 5.74) is 8.38. The number of anilines is 1. The highest BCUT2D eigenvalue weighted by atomic mass is 32.2. The monoisotopic (exact) mass is 399 g/mol. The van der Waals surface area contributed by atoms with Crippen molar-refractivity contribution in [3.63, 3.8) is 0 Å². The summed E-state index contributed by atoms with van der Waals surface area (Å²) in [6.07, 6.45) is 0.637. The van der Waals surface area contributed by atoms with Crippen molar-refractivity contribution in [3.8, 4) is 0 Å². The predicted octanol–water partition coefficient (Wildman–Crippen LogP) is 2.04. The van der Waals surface area contributed by atoms with Gasteiger partial charge in [0.25, 0.3) is 5.91 Å². The van der Waals surface area contributed by atoms with Gasteiger partial charge in [0.05, 0.1) is 11.4 Å². The molecule has 0 aliphatic carbocycles. The Bertz CT molecular complexity index is 945. The number of hydrogen-bond acceptors (Lipinski definition) is 4. The first-order chi connectivity index (χ1) is 13.5. The SMILES string of the molecule is NC[C@@H]1CN(C(=O)c2ccc(N3CCCS3(=O)=O)cc2)C[C@H]1c1ccccc1. The van der Waals surface area contributed by atoms with E-state index in [0.717, 1.165) is 0 Å². The first kappa shape index (κ1) is 19.0. The van der Waals surface area contributed by atoms with Gasteiger partial charge in [0.15, 0.2) is 0 Å². The number of hydrogen-bond donors (Lipinski definition) is 1. The van der Waals surface area contributed by atoms with Gasteiger partial charge in [0.2, 0.25) is 10.0 Å². The smallest absolute Gasteiger partial charge is 0.253 e. The van der Waals surface area contributed by atoms with E-state index in [1.165, 1.54) is 9.87 Å². The fourth-order valence-electron chi connectivity index (χ4n) is 4.24. The largest absolute Gasteiger partial charge is 0.338 e. The summed E-state index contributed by atoms with van der Waals surface area (Å²) in [6.45, 7) is 2.32. The van der Waals surface area contributed by atoms with Crippen molar-refractivity contribution in [2.24, 2.45) is 11.7 Å². The lowest BCUT2D eigenvalue weighted by atomic mass is 9.89. The number of carbonyl (C=O) groups is 1. The van der Waals surface area contributed by atoms with Crippen LogP contribution in [0.15, 0.2) is 54.6 Å². The molecule has 2 aromatic rings. The average molecular weight is 400 g/mol. The van der Waals surface area contributed by atoms with Crippen LogP contribution in [-0.2, 0) is 10.0 Å². The van der Waals surface area contributed by atoms with Crippen LogP contribution in [0.1, 0.15) is 28.3 Å². The van der Waals surface area contributed by atoms with E-state index in [2.05, 4.69) is 12.1 Å². The molecular weight excluding hydrogens is 374 g/mol. The molecule has 2 aliphatic rings. The van der Waals surface area contributed by atoms with Gasteiger partial charge in [0, 0.05) is 31.1 Å². The van der Waals surface area contributed by atoms with Gasteiger partial charge in [-0.1, -0.05) is 30.3 Å². The van der Waals surface area contributed by atoms with Gasteiger partial charge in [-0.15, -0.1) is 0 Å². The van der Waals surface area contributed by atoms with Crippen LogP contribution in [0.4, 0.5) is 5.69 Å². The van der Waals surface area contributed by atoms with Gasteiger partial charge in [-0.2, -0.15) is 0 Å². The molecule has 0 spiro atoms. The molecule has 4 rings (SSSR count). The van der Waals surface area contributed by atoms with Crippen LogP contribution >= 0.6 is 0 Å². The standard InChI is InChI=1S/C21H25N3O3S/c22-13-18-14-23(15-20(18)16-5-2-1-3-6-16)21(25)17-7-9-19(10-8-17)24-11-4-12-28(24,26)27/h1-3,5-10,18,20H,4,11-15,22H2/t18-,20+/m1/s1. The van der Waals surface area contributed by atoms with Gasteiger partial charge in [-0.05, 0) is 48.7 Å². The van der Waals surface area contributed by atoms with E-state index in [4.69, 9.17) is 5.73 Å². The molecule has 0 saturated carbocycles. The lowest BCUT2D eigenvalue weighted by molar-refractivity contribution is 0.0786. The van der Waals surface area contributed by atoms with Crippen LogP contribution in [0, 0.1) is 5.92 Å². The maximum atomic E-state index is 13.0. The van der Waals surface area contributed by atoms with E-state index >= 15 is 0 Å². The molecular formula is C21H25N3O3S. The number of rotatable bonds is 4. The van der Waals surface area contributed by atoms with Gasteiger partial charge >= 0.3 is 0 Å². The average Bonchev–Trinajstić information content (AvgIpc) is 3.31. The molecule has 7 heteroatoms. The van der Waals surface area contributed by atoms with Crippen LogP contribution in [-0.4, -0.2) is 51.2 Å². The molecule has 0 aromatic heterocycles. The molecule has 2 saturated heterocycles. The van der Waals surface area contributed by atoms with Gasteiger partial charge in [-0.25, -0.2) is 8.42 Å². The molecule has 0 unspecified atom stereocenters. The second-order valence-corrected chi connectivity index (χ2v) is 9.52. The minimum atomic E-state index is -3.21. The minimum Gasteiger partial charge on any atom is -0.338 e. The molecule has 2 aromatic carbocycles. The Morgan fingerprint density at radius 1 is 1.04 bits per heavy atom. The van der Waals surface area contributed by atoms with E-state index in [-0.39, 0.29) is 23.5 Å². The van der Waals surface area contributed by atoms with Crippen LogP contribution in [0.25, 0.3) is 0 Å². The lowest BCUT2D eigenvalue weighted by Gasteiger charge is -2.19. The Balaban J connectivity index is 1.50. The Hall–Kier alpha value is -2.38. The molecule has 6 nitrogen and oxygen atoms in total. The summed E-state index contributed by atoms with van der Waals surface area (Å²) in [7, 11) is -3.21. The highest BCUT2D eigenvalue weighted by Crippen LogP contribution is 2.33. The highest BCUT2D eigenvalue weighted by Gasteiger charge is 2.35. The number of likely N-dealkylation sites (tertiary alicyclic amines) is 1. The van der Waals surface area contributed by atoms with E-state index in [1.54, 1.807) is 24.3 Å². The maximum absolute atomic E-state index is 13.0. The number of sulfonamides is 1. The third-order valence-electron chi connectivity index (χ3n) is 5.76. The highest BCUT2D eigenvalue weighted by molar-refractivity contribution is 7.93. The predicted molar refractivity (Wildman–Crippen MR) is 110 cm³/mol. The molecule has 2 N–H and O–H groups in total. The normalized spacial score (nSPS) is 23.9. The number of carbonyl (C=O) groups excluding carboxylic acids is 1. The van der Waals surface area contributed by atoms with Crippen molar-refractivity contribution < 1.29 is 13.2 Å². The van der Waals surface area contributed by atoms with Gasteiger partial charge in [-0.3, -0.25) is 9.10 Å². The first-order valence-electron chi connectivity index (χ1n) is 9.64. The third kappa shape index (κ3) is 3.52. The number of nitrogens with zero attached hydrogens (tertiary/aromatic N) is 2. The van der Waals surface area contributed by atoms with Crippen LogP contribution < -0.4 is 10.0 Å². The fourth-order valence-corrected chi connectivity index (χ4v) is 5.80. The quantitative estimate of drug-likeness (QED) is 0.853. The Kier molecular flexibility index (Phi) is 5.12. The number of benzene rings is 2. The molecule has 0 radical (unpaired) electrons. The Labute approximate surface area is 166 Å². The van der Waals surface area contributed by atoms with E-state index in [0.29, 0.717) is 43.9 Å². The lowest BCUT2D eigenvalue weighted by Crippen LogP contribution is -2.30. The van der Waals surface area contributed by atoms with Crippen molar-refractivity contribution in [1.82, 2.24) is 4.90 Å². The van der Waals surface area contributed by atoms with Crippen molar-refractivity contribution in [2.45, 2.75) is 12.3 Å². The van der Waals surface area contributed by atoms with Crippen LogP contribution in [0.3, 0.4) is 0 Å². The zero-order chi connectivity index (χ0) is 19.7. The molecule has 2 atom stereocenters. The summed E-state index contributed by atoms with van der Waals surface area (Å²) in [4.78, 5) is 14.9. The Morgan fingerprint density at radius 3 is 2.36 bits per heavy atom. The first-order valence-corrected chi connectivity index (χ1v) is 11.3. The summed E-state index contributed by atoms with van der Waals surface area (Å²) in [6, 6.07) is 17.1. The number of amides is 1. The minimum absolute atomic E-state index is 0.0345. The van der Waals surface area contributed by atoms with E-state index < -0.39 is 10.0 Å². The van der Waals surface area contributed by atoms with Crippen molar-refractivity contribution in [2.75, 3.05) is 36.2 Å². The van der Waals surface area contributed by atoms with E-state index in [1.807, 2.05) is 23.1 Å². The molecule has 148 valence electrons. The van der Waals surface area contributed by atoms with Crippen molar-refractivity contribution in [1.29, 1.82) is 0 Å². The van der Waals surface area contributed by atoms with Gasteiger partial charge < -0.3 is 10.6 Å². The molecule has 28 heavy (non-hydrogen) atoms. The number of nitrogens with two attached hydrogens (primary N) is 1. The molecule has 1 amide bonds. The second kappa shape index (κ2) is 7.56.